The quantitative estimate of drug-likeness (QED) is 0.714. The Morgan fingerprint density at radius 2 is 1.73 bits per heavy atom. The number of para-hydroxylation sites is 1. The van der Waals surface area contributed by atoms with E-state index in [1.165, 1.54) is 18.4 Å². The second-order valence-electron chi connectivity index (χ2n) is 9.72. The van der Waals surface area contributed by atoms with Crippen molar-refractivity contribution in [3.63, 3.8) is 0 Å². The van der Waals surface area contributed by atoms with Crippen LogP contribution in [0, 0.1) is 0 Å². The summed E-state index contributed by atoms with van der Waals surface area (Å²) in [5, 5.41) is 2.87. The van der Waals surface area contributed by atoms with E-state index >= 15 is 0 Å². The number of nitrogens with zero attached hydrogens (tertiary/aromatic N) is 2. The van der Waals surface area contributed by atoms with Crippen LogP contribution in [0.5, 0.6) is 0 Å². The highest BCUT2D eigenvalue weighted by molar-refractivity contribution is 6.03. The molecule has 2 heterocycles. The molecular weight excluding hydrogens is 412 g/mol. The molecular formula is C27H34N4O2. The molecule has 2 aromatic rings. The maximum atomic E-state index is 13.3. The predicted molar refractivity (Wildman–Crippen MR) is 130 cm³/mol. The number of nitrogens with one attached hydrogen (secondary N) is 1. The van der Waals surface area contributed by atoms with Crippen LogP contribution in [0.15, 0.2) is 48.5 Å². The van der Waals surface area contributed by atoms with Crippen LogP contribution in [0.3, 0.4) is 0 Å². The van der Waals surface area contributed by atoms with Crippen LogP contribution >= 0.6 is 0 Å². The second kappa shape index (κ2) is 9.27. The Bertz CT molecular complexity index is 1030. The van der Waals surface area contributed by atoms with Crippen molar-refractivity contribution >= 4 is 17.5 Å². The summed E-state index contributed by atoms with van der Waals surface area (Å²) in [5.74, 6) is -0.0934. The molecule has 6 heteroatoms. The third-order valence-corrected chi connectivity index (χ3v) is 7.91. The number of nitrogens with two attached hydrogens (primary N) is 1. The molecule has 1 atom stereocenters. The molecule has 33 heavy (non-hydrogen) atoms. The van der Waals surface area contributed by atoms with Gasteiger partial charge in [0.1, 0.15) is 6.04 Å². The number of fused-ring (bicyclic) bond motifs is 3. The molecule has 2 amide bonds. The molecule has 1 spiro atoms. The number of amides is 2. The Morgan fingerprint density at radius 1 is 1.00 bits per heavy atom. The van der Waals surface area contributed by atoms with E-state index in [0.29, 0.717) is 31.3 Å². The molecule has 1 saturated heterocycles. The fourth-order valence-electron chi connectivity index (χ4n) is 6.08. The third-order valence-electron chi connectivity index (χ3n) is 7.91. The molecule has 1 fully saturated rings. The van der Waals surface area contributed by atoms with Crippen LogP contribution in [0.4, 0.5) is 5.69 Å². The minimum atomic E-state index is -0.485. The Kier molecular flexibility index (Phi) is 6.21. The molecule has 2 aromatic carbocycles. The summed E-state index contributed by atoms with van der Waals surface area (Å²) in [7, 11) is 0. The molecule has 6 nitrogen and oxygen atoms in total. The van der Waals surface area contributed by atoms with Crippen molar-refractivity contribution in [2.75, 3.05) is 37.6 Å². The Morgan fingerprint density at radius 3 is 2.52 bits per heavy atom. The van der Waals surface area contributed by atoms with Crippen LogP contribution in [-0.4, -0.2) is 55.5 Å². The van der Waals surface area contributed by atoms with E-state index in [0.717, 1.165) is 43.7 Å². The molecule has 1 aliphatic carbocycles. The van der Waals surface area contributed by atoms with E-state index in [1.807, 2.05) is 24.3 Å². The van der Waals surface area contributed by atoms with Gasteiger partial charge in [-0.15, -0.1) is 0 Å². The first-order valence-electron chi connectivity index (χ1n) is 12.3. The summed E-state index contributed by atoms with van der Waals surface area (Å²) < 4.78 is 0. The Hall–Kier alpha value is -2.70. The lowest BCUT2D eigenvalue weighted by molar-refractivity contribution is -0.126. The van der Waals surface area contributed by atoms with Crippen molar-refractivity contribution in [3.8, 4) is 0 Å². The lowest BCUT2D eigenvalue weighted by Gasteiger charge is -2.40. The fraction of sp³-hybridized carbons (Fsp3) is 0.481. The molecule has 0 radical (unpaired) electrons. The number of aryl methyl sites for hydroxylation is 1. The van der Waals surface area contributed by atoms with Crippen molar-refractivity contribution in [1.82, 2.24) is 10.2 Å². The molecule has 3 N–H and O–H groups in total. The minimum absolute atomic E-state index is 0.0272. The van der Waals surface area contributed by atoms with Crippen LogP contribution in [0.1, 0.15) is 42.4 Å². The van der Waals surface area contributed by atoms with Crippen LogP contribution in [-0.2, 0) is 27.8 Å². The zero-order valence-corrected chi connectivity index (χ0v) is 19.3. The zero-order valence-electron chi connectivity index (χ0n) is 19.3. The average molecular weight is 447 g/mol. The van der Waals surface area contributed by atoms with Crippen LogP contribution in [0.2, 0.25) is 0 Å². The van der Waals surface area contributed by atoms with Crippen molar-refractivity contribution in [1.29, 1.82) is 0 Å². The van der Waals surface area contributed by atoms with Gasteiger partial charge in [0.15, 0.2) is 0 Å². The number of hydrogen-bond donors (Lipinski definition) is 2. The molecule has 1 unspecified atom stereocenters. The number of carbonyl (C=O) groups is 2. The molecule has 174 valence electrons. The smallest absolute Gasteiger partial charge is 0.243 e. The van der Waals surface area contributed by atoms with Gasteiger partial charge in [0, 0.05) is 38.2 Å². The van der Waals surface area contributed by atoms with Crippen LogP contribution in [0.25, 0.3) is 0 Å². The first-order chi connectivity index (χ1) is 16.1. The first-order valence-corrected chi connectivity index (χ1v) is 12.3. The van der Waals surface area contributed by atoms with Gasteiger partial charge in [-0.05, 0) is 66.9 Å². The van der Waals surface area contributed by atoms with E-state index in [1.54, 1.807) is 10.5 Å². The Labute approximate surface area is 196 Å². The fourth-order valence-corrected chi connectivity index (χ4v) is 6.08. The monoisotopic (exact) mass is 446 g/mol. The van der Waals surface area contributed by atoms with Gasteiger partial charge in [0.2, 0.25) is 11.8 Å². The molecule has 5 rings (SSSR count). The number of likely N-dealkylation sites (tertiary alicyclic amines) is 1. The van der Waals surface area contributed by atoms with Gasteiger partial charge in [-0.1, -0.05) is 42.5 Å². The first kappa shape index (κ1) is 22.1. The number of hydrogen-bond acceptors (Lipinski definition) is 4. The highest BCUT2D eigenvalue weighted by Gasteiger charge is 2.41. The van der Waals surface area contributed by atoms with E-state index in [-0.39, 0.29) is 11.8 Å². The van der Waals surface area contributed by atoms with Crippen LogP contribution < -0.4 is 16.0 Å². The number of anilines is 1. The molecule has 0 bridgehead atoms. The summed E-state index contributed by atoms with van der Waals surface area (Å²) in [5.41, 5.74) is 10.9. The summed E-state index contributed by atoms with van der Waals surface area (Å²) in [4.78, 5) is 30.3. The van der Waals surface area contributed by atoms with Gasteiger partial charge in [-0.3, -0.25) is 14.5 Å². The van der Waals surface area contributed by atoms with Gasteiger partial charge in [0.25, 0.3) is 0 Å². The topological polar surface area (TPSA) is 78.7 Å². The number of benzene rings is 2. The van der Waals surface area contributed by atoms with Crippen molar-refractivity contribution in [2.45, 2.75) is 50.0 Å². The molecule has 2 aliphatic heterocycles. The van der Waals surface area contributed by atoms with Gasteiger partial charge < -0.3 is 16.0 Å². The average Bonchev–Trinajstić information content (AvgIpc) is 3.41. The normalized spacial score (nSPS) is 21.1. The van der Waals surface area contributed by atoms with Gasteiger partial charge in [-0.2, -0.15) is 0 Å². The summed E-state index contributed by atoms with van der Waals surface area (Å²) in [6, 6.07) is 16.3. The van der Waals surface area contributed by atoms with E-state index in [2.05, 4.69) is 34.5 Å². The predicted octanol–water partition coefficient (Wildman–Crippen LogP) is 2.39. The third kappa shape index (κ3) is 4.18. The van der Waals surface area contributed by atoms with Crippen molar-refractivity contribution in [3.05, 3.63) is 65.2 Å². The lowest BCUT2D eigenvalue weighted by Crippen LogP contribution is -2.50. The van der Waals surface area contributed by atoms with Crippen molar-refractivity contribution in [2.24, 2.45) is 5.73 Å². The zero-order chi connectivity index (χ0) is 22.8. The number of rotatable bonds is 6. The molecule has 3 aliphatic rings. The van der Waals surface area contributed by atoms with E-state index in [4.69, 9.17) is 5.73 Å². The Balaban J connectivity index is 1.21. The van der Waals surface area contributed by atoms with E-state index < -0.39 is 6.04 Å². The maximum absolute atomic E-state index is 13.3. The minimum Gasteiger partial charge on any atom is -0.353 e. The summed E-state index contributed by atoms with van der Waals surface area (Å²) in [6.07, 6.45) is 5.76. The lowest BCUT2D eigenvalue weighted by atomic mass is 9.74. The van der Waals surface area contributed by atoms with Gasteiger partial charge >= 0.3 is 0 Å². The highest BCUT2D eigenvalue weighted by Crippen LogP contribution is 2.46. The standard InChI is InChI=1S/C27H34N4O2/c28-14-15-29-26(33)24-19-21-6-2-4-8-23(21)31(24)25(32)10-16-30-17-12-27(13-18-30)11-9-20-5-1-3-7-22(20)27/h1-8,24H,9-19,28H2,(H,29,33). The molecule has 0 saturated carbocycles. The number of carbonyl (C=O) groups excluding carboxylic acids is 2. The summed E-state index contributed by atoms with van der Waals surface area (Å²) in [6.45, 7) is 3.61. The van der Waals surface area contributed by atoms with Crippen molar-refractivity contribution < 1.29 is 9.59 Å². The SMILES string of the molecule is NCCNC(=O)C1Cc2ccccc2N1C(=O)CCN1CCC2(CCc3ccccc32)CC1. The largest absolute Gasteiger partial charge is 0.353 e. The highest BCUT2D eigenvalue weighted by atomic mass is 16.2. The van der Waals surface area contributed by atoms with E-state index in [9.17, 15) is 9.59 Å². The van der Waals surface area contributed by atoms with Gasteiger partial charge in [0.05, 0.1) is 0 Å². The second-order valence-corrected chi connectivity index (χ2v) is 9.72. The maximum Gasteiger partial charge on any atom is 0.243 e. The summed E-state index contributed by atoms with van der Waals surface area (Å²) >= 11 is 0. The molecule has 0 aromatic heterocycles. The number of piperidine rings is 1. The van der Waals surface area contributed by atoms with Gasteiger partial charge in [-0.25, -0.2) is 0 Å².